The molecule has 0 radical (unpaired) electrons. The molecule has 3 aromatic heterocycles. The van der Waals surface area contributed by atoms with Crippen LogP contribution in [0, 0.1) is 13.8 Å². The lowest BCUT2D eigenvalue weighted by Gasteiger charge is -2.18. The molecule has 1 atom stereocenters. The number of aryl methyl sites for hydroxylation is 2. The molecule has 0 saturated heterocycles. The number of rotatable bonds is 7. The van der Waals surface area contributed by atoms with Crippen molar-refractivity contribution in [3.8, 4) is 5.75 Å². The number of aromatic amines is 1. The summed E-state index contributed by atoms with van der Waals surface area (Å²) in [6.07, 6.45) is 2.87. The van der Waals surface area contributed by atoms with E-state index in [1.165, 1.54) is 27.8 Å². The van der Waals surface area contributed by atoms with Crippen LogP contribution in [0.5, 0.6) is 5.75 Å². The number of hydrogen-bond donors (Lipinski definition) is 2. The first kappa shape index (κ1) is 18.7. The van der Waals surface area contributed by atoms with E-state index in [-0.39, 0.29) is 6.04 Å². The maximum absolute atomic E-state index is 5.37. The normalized spacial score (nSPS) is 12.4. The van der Waals surface area contributed by atoms with E-state index < -0.39 is 0 Å². The van der Waals surface area contributed by atoms with Crippen LogP contribution in [0.15, 0.2) is 53.4 Å². The molecule has 0 aliphatic heterocycles. The topological polar surface area (TPSA) is 49.9 Å². The van der Waals surface area contributed by atoms with E-state index in [2.05, 4.69) is 70.2 Å². The molecule has 144 valence electrons. The van der Waals surface area contributed by atoms with Gasteiger partial charge in [-0.05, 0) is 78.1 Å². The van der Waals surface area contributed by atoms with Crippen LogP contribution in [0.25, 0.3) is 10.9 Å². The fourth-order valence-electron chi connectivity index (χ4n) is 3.50. The van der Waals surface area contributed by atoms with Crippen molar-refractivity contribution in [2.24, 2.45) is 0 Å². The molecule has 4 rings (SSSR count). The van der Waals surface area contributed by atoms with E-state index in [1.54, 1.807) is 18.4 Å². The Labute approximate surface area is 169 Å². The summed E-state index contributed by atoms with van der Waals surface area (Å²) in [6.45, 7) is 4.99. The molecule has 0 fully saturated rings. The molecule has 28 heavy (non-hydrogen) atoms. The summed E-state index contributed by atoms with van der Waals surface area (Å²) < 4.78 is 5.37. The molecule has 0 amide bonds. The fraction of sp³-hybridized carbons (Fsp3) is 0.261. The summed E-state index contributed by atoms with van der Waals surface area (Å²) in [6, 6.07) is 12.8. The average molecular weight is 392 g/mol. The molecule has 2 N–H and O–H groups in total. The maximum atomic E-state index is 5.37. The Balaban J connectivity index is 1.57. The predicted molar refractivity (Wildman–Crippen MR) is 116 cm³/mol. The molecule has 4 aromatic rings. The van der Waals surface area contributed by atoms with Crippen LogP contribution in [0.2, 0.25) is 0 Å². The number of methoxy groups -OCH3 is 1. The van der Waals surface area contributed by atoms with Crippen molar-refractivity contribution in [1.29, 1.82) is 0 Å². The van der Waals surface area contributed by atoms with Gasteiger partial charge < -0.3 is 15.0 Å². The lowest BCUT2D eigenvalue weighted by atomic mass is 10.0. The predicted octanol–water partition coefficient (Wildman–Crippen LogP) is 5.32. The Kier molecular flexibility index (Phi) is 5.46. The molecule has 5 heteroatoms. The summed E-state index contributed by atoms with van der Waals surface area (Å²) in [5.41, 5.74) is 7.19. The third-order valence-corrected chi connectivity index (χ3v) is 5.94. The minimum atomic E-state index is 0.163. The Morgan fingerprint density at radius 1 is 1.18 bits per heavy atom. The van der Waals surface area contributed by atoms with Crippen LogP contribution in [-0.2, 0) is 13.0 Å². The Morgan fingerprint density at radius 3 is 2.79 bits per heavy atom. The van der Waals surface area contributed by atoms with Gasteiger partial charge in [-0.3, -0.25) is 4.98 Å². The Hall–Kier alpha value is -2.63. The largest absolute Gasteiger partial charge is 0.497 e. The Bertz CT molecular complexity index is 1050. The number of nitrogens with one attached hydrogen (secondary N) is 2. The molecule has 3 heterocycles. The van der Waals surface area contributed by atoms with E-state index >= 15 is 0 Å². The monoisotopic (exact) mass is 391 g/mol. The lowest BCUT2D eigenvalue weighted by molar-refractivity contribution is 0.415. The second-order valence-corrected chi connectivity index (χ2v) is 7.95. The van der Waals surface area contributed by atoms with Gasteiger partial charge in [0.1, 0.15) is 5.75 Å². The van der Waals surface area contributed by atoms with Crippen LogP contribution in [0.3, 0.4) is 0 Å². The van der Waals surface area contributed by atoms with Crippen molar-refractivity contribution in [3.05, 3.63) is 81.4 Å². The summed E-state index contributed by atoms with van der Waals surface area (Å²) >= 11 is 1.74. The van der Waals surface area contributed by atoms with Gasteiger partial charge in [-0.25, -0.2) is 0 Å². The molecule has 0 spiro atoms. The first-order chi connectivity index (χ1) is 13.6. The van der Waals surface area contributed by atoms with Gasteiger partial charge in [-0.2, -0.15) is 11.3 Å². The van der Waals surface area contributed by atoms with Crippen LogP contribution in [0.1, 0.15) is 34.1 Å². The second-order valence-electron chi connectivity index (χ2n) is 7.17. The molecule has 4 nitrogen and oxygen atoms in total. The molecule has 0 saturated carbocycles. The van der Waals surface area contributed by atoms with Crippen molar-refractivity contribution in [3.63, 3.8) is 0 Å². The molecule has 1 aromatic carbocycles. The lowest BCUT2D eigenvalue weighted by Crippen LogP contribution is -2.24. The quantitative estimate of drug-likeness (QED) is 0.448. The first-order valence-corrected chi connectivity index (χ1v) is 10.4. The standard InChI is InChI=1S/C23H25N3OS/c1-15-4-6-21(24-12-15)22(10-17-8-9-28-14-17)25-13-23-16(2)19-11-18(27-3)5-7-20(19)26-23/h4-9,11-12,14,22,25-26H,10,13H2,1-3H3. The molecule has 1 unspecified atom stereocenters. The summed E-state index contributed by atoms with van der Waals surface area (Å²) in [4.78, 5) is 8.23. The first-order valence-electron chi connectivity index (χ1n) is 9.46. The van der Waals surface area contributed by atoms with E-state index in [0.29, 0.717) is 0 Å². The summed E-state index contributed by atoms with van der Waals surface area (Å²) in [5, 5.41) is 9.27. The van der Waals surface area contributed by atoms with Crippen LogP contribution in [0.4, 0.5) is 0 Å². The van der Waals surface area contributed by atoms with Crippen LogP contribution in [-0.4, -0.2) is 17.1 Å². The van der Waals surface area contributed by atoms with Crippen molar-refractivity contribution in [2.75, 3.05) is 7.11 Å². The number of H-pyrrole nitrogens is 1. The average Bonchev–Trinajstić information content (AvgIpc) is 3.33. The highest BCUT2D eigenvalue weighted by Gasteiger charge is 2.16. The van der Waals surface area contributed by atoms with E-state index in [9.17, 15) is 0 Å². The SMILES string of the molecule is COc1ccc2[nH]c(CNC(Cc3ccsc3)c3ccc(C)cn3)c(C)c2c1. The van der Waals surface area contributed by atoms with E-state index in [4.69, 9.17) is 4.74 Å². The highest BCUT2D eigenvalue weighted by molar-refractivity contribution is 7.07. The number of benzene rings is 1. The van der Waals surface area contributed by atoms with Crippen molar-refractivity contribution >= 4 is 22.2 Å². The summed E-state index contributed by atoms with van der Waals surface area (Å²) in [7, 11) is 1.70. The van der Waals surface area contributed by atoms with Crippen LogP contribution >= 0.6 is 11.3 Å². The van der Waals surface area contributed by atoms with Gasteiger partial charge in [0, 0.05) is 29.3 Å². The van der Waals surface area contributed by atoms with Gasteiger partial charge in [-0.15, -0.1) is 0 Å². The molecule has 0 bridgehead atoms. The second kappa shape index (κ2) is 8.17. The van der Waals surface area contributed by atoms with Crippen molar-refractivity contribution in [2.45, 2.75) is 32.9 Å². The number of nitrogens with zero attached hydrogens (tertiary/aromatic N) is 1. The number of fused-ring (bicyclic) bond motifs is 1. The number of aromatic nitrogens is 2. The van der Waals surface area contributed by atoms with E-state index in [1.807, 2.05) is 12.3 Å². The molecule has 0 aliphatic rings. The molecular weight excluding hydrogens is 366 g/mol. The Morgan fingerprint density at radius 2 is 2.07 bits per heavy atom. The third-order valence-electron chi connectivity index (χ3n) is 5.21. The van der Waals surface area contributed by atoms with Gasteiger partial charge >= 0.3 is 0 Å². The molecular formula is C23H25N3OS. The zero-order chi connectivity index (χ0) is 19.5. The maximum Gasteiger partial charge on any atom is 0.119 e. The van der Waals surface area contributed by atoms with Gasteiger partial charge in [0.25, 0.3) is 0 Å². The van der Waals surface area contributed by atoms with Gasteiger partial charge in [0.2, 0.25) is 0 Å². The minimum Gasteiger partial charge on any atom is -0.497 e. The fourth-order valence-corrected chi connectivity index (χ4v) is 4.18. The number of ether oxygens (including phenoxy) is 1. The number of thiophene rings is 1. The zero-order valence-corrected chi connectivity index (χ0v) is 17.3. The van der Waals surface area contributed by atoms with Crippen molar-refractivity contribution in [1.82, 2.24) is 15.3 Å². The number of pyridine rings is 1. The van der Waals surface area contributed by atoms with Gasteiger partial charge in [0.15, 0.2) is 0 Å². The molecule has 0 aliphatic carbocycles. The van der Waals surface area contributed by atoms with E-state index in [0.717, 1.165) is 29.9 Å². The van der Waals surface area contributed by atoms with Crippen molar-refractivity contribution < 1.29 is 4.74 Å². The third kappa shape index (κ3) is 3.96. The van der Waals surface area contributed by atoms with Crippen LogP contribution < -0.4 is 10.1 Å². The smallest absolute Gasteiger partial charge is 0.119 e. The summed E-state index contributed by atoms with van der Waals surface area (Å²) in [5.74, 6) is 0.883. The van der Waals surface area contributed by atoms with Gasteiger partial charge in [-0.1, -0.05) is 6.07 Å². The highest BCUT2D eigenvalue weighted by Crippen LogP contribution is 2.27. The number of hydrogen-bond acceptors (Lipinski definition) is 4. The highest BCUT2D eigenvalue weighted by atomic mass is 32.1. The van der Waals surface area contributed by atoms with Gasteiger partial charge in [0.05, 0.1) is 18.8 Å². The minimum absolute atomic E-state index is 0.163. The zero-order valence-electron chi connectivity index (χ0n) is 16.5.